The first-order valence-electron chi connectivity index (χ1n) is 8.25. The van der Waals surface area contributed by atoms with Crippen molar-refractivity contribution >= 4 is 24.2 Å². The van der Waals surface area contributed by atoms with E-state index >= 15 is 0 Å². The monoisotopic (exact) mass is 351 g/mol. The molecule has 0 fully saturated rings. The Balaban J connectivity index is 1.65. The number of carboxylic acid groups (broad SMARTS) is 1. The minimum Gasteiger partial charge on any atom is -0.478 e. The first kappa shape index (κ1) is 19.0. The number of nitrogens with one attached hydrogen (secondary N) is 1. The highest BCUT2D eigenvalue weighted by molar-refractivity contribution is 5.85. The topological polar surface area (TPSA) is 75.6 Å². The first-order valence-corrected chi connectivity index (χ1v) is 8.25. The predicted molar refractivity (Wildman–Crippen MR) is 101 cm³/mol. The molecule has 0 radical (unpaired) electrons. The number of carbonyl (C=O) groups is 2. The number of rotatable bonds is 8. The Bertz CT molecular complexity index is 764. The van der Waals surface area contributed by atoms with Gasteiger partial charge in [-0.3, -0.25) is 0 Å². The maximum Gasteiger partial charge on any atom is 0.407 e. The van der Waals surface area contributed by atoms with Gasteiger partial charge in [0.1, 0.15) is 6.61 Å². The van der Waals surface area contributed by atoms with E-state index in [2.05, 4.69) is 5.32 Å². The van der Waals surface area contributed by atoms with Crippen LogP contribution in [0.5, 0.6) is 0 Å². The number of amides is 1. The van der Waals surface area contributed by atoms with Gasteiger partial charge in [-0.15, -0.1) is 0 Å². The smallest absolute Gasteiger partial charge is 0.407 e. The third-order valence-electron chi connectivity index (χ3n) is 3.46. The fraction of sp³-hybridized carbons (Fsp3) is 0.143. The van der Waals surface area contributed by atoms with Crippen LogP contribution >= 0.6 is 0 Å². The van der Waals surface area contributed by atoms with Crippen molar-refractivity contribution < 1.29 is 19.4 Å². The van der Waals surface area contributed by atoms with Gasteiger partial charge in [-0.2, -0.15) is 0 Å². The average Bonchev–Trinajstić information content (AvgIpc) is 2.66. The fourth-order valence-electron chi connectivity index (χ4n) is 2.14. The normalized spacial score (nSPS) is 10.9. The maximum absolute atomic E-state index is 11.6. The lowest BCUT2D eigenvalue weighted by Gasteiger charge is -2.05. The molecule has 2 rings (SSSR count). The summed E-state index contributed by atoms with van der Waals surface area (Å²) < 4.78 is 5.12. The van der Waals surface area contributed by atoms with Gasteiger partial charge in [0.2, 0.25) is 0 Å². The van der Waals surface area contributed by atoms with Gasteiger partial charge < -0.3 is 15.2 Å². The van der Waals surface area contributed by atoms with Crippen molar-refractivity contribution in [2.75, 3.05) is 6.54 Å². The third kappa shape index (κ3) is 7.49. The average molecular weight is 351 g/mol. The van der Waals surface area contributed by atoms with Crippen LogP contribution < -0.4 is 5.32 Å². The van der Waals surface area contributed by atoms with Crippen LogP contribution in [-0.2, 0) is 16.1 Å². The molecular weight excluding hydrogens is 330 g/mol. The van der Waals surface area contributed by atoms with Crippen molar-refractivity contribution in [1.82, 2.24) is 5.32 Å². The van der Waals surface area contributed by atoms with Crippen molar-refractivity contribution in [1.29, 1.82) is 0 Å². The molecule has 0 atom stereocenters. The summed E-state index contributed by atoms with van der Waals surface area (Å²) in [4.78, 5) is 22.1. The van der Waals surface area contributed by atoms with E-state index in [4.69, 9.17) is 9.84 Å². The number of carbonyl (C=O) groups excluding carboxylic acids is 1. The van der Waals surface area contributed by atoms with E-state index in [1.165, 1.54) is 0 Å². The molecule has 26 heavy (non-hydrogen) atoms. The number of carboxylic acids is 1. The van der Waals surface area contributed by atoms with Gasteiger partial charge in [0.05, 0.1) is 0 Å². The van der Waals surface area contributed by atoms with Gasteiger partial charge in [-0.1, -0.05) is 66.7 Å². The molecule has 0 saturated carbocycles. The van der Waals surface area contributed by atoms with E-state index in [9.17, 15) is 9.59 Å². The van der Waals surface area contributed by atoms with E-state index in [1.54, 1.807) is 6.08 Å². The number of alkyl carbamates (subject to hydrolysis) is 1. The Labute approximate surface area is 152 Å². The van der Waals surface area contributed by atoms with Crippen LogP contribution in [0, 0.1) is 0 Å². The molecule has 0 bridgehead atoms. The predicted octanol–water partition coefficient (Wildman–Crippen LogP) is 4.11. The van der Waals surface area contributed by atoms with Crippen LogP contribution in [0.15, 0.2) is 66.7 Å². The van der Waals surface area contributed by atoms with E-state index in [1.807, 2.05) is 66.7 Å². The second-order valence-electron chi connectivity index (χ2n) is 5.52. The van der Waals surface area contributed by atoms with Gasteiger partial charge in [0, 0.05) is 12.6 Å². The van der Waals surface area contributed by atoms with Gasteiger partial charge >= 0.3 is 12.1 Å². The highest BCUT2D eigenvalue weighted by Gasteiger charge is 2.00. The zero-order valence-corrected chi connectivity index (χ0v) is 14.3. The summed E-state index contributed by atoms with van der Waals surface area (Å²) in [5.41, 5.74) is 2.78. The van der Waals surface area contributed by atoms with Crippen molar-refractivity contribution in [3.05, 3.63) is 83.4 Å². The highest BCUT2D eigenvalue weighted by atomic mass is 16.5. The van der Waals surface area contributed by atoms with Crippen molar-refractivity contribution in [3.63, 3.8) is 0 Å². The summed E-state index contributed by atoms with van der Waals surface area (Å²) >= 11 is 0. The van der Waals surface area contributed by atoms with Crippen LogP contribution in [0.4, 0.5) is 4.79 Å². The summed E-state index contributed by atoms with van der Waals surface area (Å²) in [6.07, 6.45) is 6.80. The molecule has 5 nitrogen and oxygen atoms in total. The highest BCUT2D eigenvalue weighted by Crippen LogP contribution is 2.08. The number of hydrogen-bond donors (Lipinski definition) is 2. The number of ether oxygens (including phenoxy) is 1. The van der Waals surface area contributed by atoms with Gasteiger partial charge in [-0.05, 0) is 29.2 Å². The molecule has 0 aliphatic heterocycles. The molecule has 0 unspecified atom stereocenters. The minimum absolute atomic E-state index is 0.255. The molecule has 0 aliphatic rings. The summed E-state index contributed by atoms with van der Waals surface area (Å²) in [5.74, 6) is -0.969. The Morgan fingerprint density at radius 1 is 0.962 bits per heavy atom. The number of benzene rings is 2. The van der Waals surface area contributed by atoms with Crippen LogP contribution in [0.25, 0.3) is 12.2 Å². The van der Waals surface area contributed by atoms with Crippen LogP contribution in [0.3, 0.4) is 0 Å². The molecule has 134 valence electrons. The Kier molecular flexibility index (Phi) is 7.68. The molecule has 2 aromatic carbocycles. The molecule has 5 heteroatoms. The quantitative estimate of drug-likeness (QED) is 0.554. The summed E-state index contributed by atoms with van der Waals surface area (Å²) in [6.45, 7) is 0.745. The van der Waals surface area contributed by atoms with Gasteiger partial charge in [0.15, 0.2) is 0 Å². The van der Waals surface area contributed by atoms with E-state index in [-0.39, 0.29) is 6.61 Å². The molecule has 0 heterocycles. The largest absolute Gasteiger partial charge is 0.478 e. The zero-order valence-electron chi connectivity index (χ0n) is 14.3. The van der Waals surface area contributed by atoms with E-state index in [0.717, 1.165) is 22.8 Å². The lowest BCUT2D eigenvalue weighted by molar-refractivity contribution is -0.131. The summed E-state index contributed by atoms with van der Waals surface area (Å²) in [6, 6.07) is 17.0. The number of hydrogen-bond acceptors (Lipinski definition) is 3. The molecule has 0 saturated heterocycles. The third-order valence-corrected chi connectivity index (χ3v) is 3.46. The molecule has 0 spiro atoms. The summed E-state index contributed by atoms with van der Waals surface area (Å²) in [5, 5.41) is 11.3. The summed E-state index contributed by atoms with van der Waals surface area (Å²) in [7, 11) is 0. The molecule has 2 N–H and O–H groups in total. The van der Waals surface area contributed by atoms with E-state index < -0.39 is 12.1 Å². The van der Waals surface area contributed by atoms with E-state index in [0.29, 0.717) is 13.0 Å². The second kappa shape index (κ2) is 10.5. The number of aliphatic carboxylic acids is 1. The van der Waals surface area contributed by atoms with Crippen molar-refractivity contribution in [2.45, 2.75) is 13.0 Å². The lowest BCUT2D eigenvalue weighted by Crippen LogP contribution is -2.24. The van der Waals surface area contributed by atoms with Gasteiger partial charge in [-0.25, -0.2) is 9.59 Å². The van der Waals surface area contributed by atoms with Gasteiger partial charge in [0.25, 0.3) is 0 Å². The SMILES string of the molecule is O=C(O)/C=C/c1ccc(C=CCCNC(=O)OCc2ccccc2)cc1. The van der Waals surface area contributed by atoms with Crippen molar-refractivity contribution in [3.8, 4) is 0 Å². The first-order chi connectivity index (χ1) is 12.6. The van der Waals surface area contributed by atoms with Crippen LogP contribution in [-0.4, -0.2) is 23.7 Å². The van der Waals surface area contributed by atoms with Crippen LogP contribution in [0.1, 0.15) is 23.1 Å². The Hall–Kier alpha value is -3.34. The maximum atomic E-state index is 11.6. The standard InChI is InChI=1S/C21H21NO4/c23-20(24)14-13-18-11-9-17(10-12-18)6-4-5-15-22-21(25)26-16-19-7-2-1-3-8-19/h1-4,6-14H,5,15-16H2,(H,22,25)(H,23,24)/b6-4?,14-13+. The molecule has 0 aliphatic carbocycles. The van der Waals surface area contributed by atoms with Crippen LogP contribution in [0.2, 0.25) is 0 Å². The second-order valence-corrected chi connectivity index (χ2v) is 5.52. The molecular formula is C21H21NO4. The Morgan fingerprint density at radius 2 is 1.62 bits per heavy atom. The Morgan fingerprint density at radius 3 is 2.27 bits per heavy atom. The van der Waals surface area contributed by atoms with Crippen molar-refractivity contribution in [2.24, 2.45) is 0 Å². The zero-order chi connectivity index (χ0) is 18.6. The fourth-order valence-corrected chi connectivity index (χ4v) is 2.14. The molecule has 0 aromatic heterocycles. The lowest BCUT2D eigenvalue weighted by atomic mass is 10.1. The minimum atomic E-state index is -0.969. The molecule has 1 amide bonds. The molecule has 2 aromatic rings.